The lowest BCUT2D eigenvalue weighted by Crippen LogP contribution is -2.17. The third-order valence-corrected chi connectivity index (χ3v) is 2.34. The number of methoxy groups -OCH3 is 1. The summed E-state index contributed by atoms with van der Waals surface area (Å²) in [6.07, 6.45) is 1.11. The van der Waals surface area contributed by atoms with Crippen LogP contribution in [0.1, 0.15) is 24.2 Å². The van der Waals surface area contributed by atoms with Crippen molar-refractivity contribution in [3.63, 3.8) is 0 Å². The highest BCUT2D eigenvalue weighted by molar-refractivity contribution is 5.69. The predicted molar refractivity (Wildman–Crippen MR) is 63.6 cm³/mol. The molecular formula is C12H18N2O3. The smallest absolute Gasteiger partial charge is 0.305 e. The zero-order chi connectivity index (χ0) is 12.7. The molecule has 0 aliphatic rings. The van der Waals surface area contributed by atoms with E-state index in [1.165, 1.54) is 7.11 Å². The molecule has 0 amide bonds. The van der Waals surface area contributed by atoms with Crippen LogP contribution in [0.25, 0.3) is 0 Å². The van der Waals surface area contributed by atoms with Crippen molar-refractivity contribution in [3.8, 4) is 5.75 Å². The van der Waals surface area contributed by atoms with Gasteiger partial charge in [-0.1, -0.05) is 0 Å². The average Bonchev–Trinajstić information content (AvgIpc) is 2.32. The molecule has 1 rings (SSSR count). The van der Waals surface area contributed by atoms with Crippen LogP contribution in [0, 0.1) is 6.92 Å². The molecular weight excluding hydrogens is 220 g/mol. The van der Waals surface area contributed by atoms with Gasteiger partial charge in [0.1, 0.15) is 5.75 Å². The molecule has 0 atom stereocenters. The molecule has 0 saturated heterocycles. The number of aromatic hydroxyl groups is 1. The number of hydrogen-bond acceptors (Lipinski definition) is 5. The van der Waals surface area contributed by atoms with E-state index in [0.29, 0.717) is 31.6 Å². The Bertz CT molecular complexity index is 380. The van der Waals surface area contributed by atoms with Gasteiger partial charge in [0.15, 0.2) is 0 Å². The van der Waals surface area contributed by atoms with E-state index in [1.807, 2.05) is 6.92 Å². The Balaban J connectivity index is 2.26. The number of ether oxygens (including phenoxy) is 1. The number of rotatable bonds is 6. The summed E-state index contributed by atoms with van der Waals surface area (Å²) in [6.45, 7) is 3.05. The van der Waals surface area contributed by atoms with Gasteiger partial charge in [-0.05, 0) is 32.0 Å². The zero-order valence-electron chi connectivity index (χ0n) is 10.2. The Morgan fingerprint density at radius 1 is 1.53 bits per heavy atom. The zero-order valence-corrected chi connectivity index (χ0v) is 10.2. The minimum atomic E-state index is -0.205. The Hall–Kier alpha value is -1.62. The fourth-order valence-electron chi connectivity index (χ4n) is 1.40. The highest BCUT2D eigenvalue weighted by Gasteiger charge is 2.03. The number of carbonyl (C=O) groups is 1. The fraction of sp³-hybridized carbons (Fsp3) is 0.500. The molecule has 0 fully saturated rings. The molecule has 0 aliphatic heterocycles. The van der Waals surface area contributed by atoms with E-state index in [4.69, 9.17) is 0 Å². The fourth-order valence-corrected chi connectivity index (χ4v) is 1.40. The van der Waals surface area contributed by atoms with Gasteiger partial charge in [-0.3, -0.25) is 9.78 Å². The van der Waals surface area contributed by atoms with E-state index >= 15 is 0 Å². The highest BCUT2D eigenvalue weighted by Crippen LogP contribution is 2.13. The summed E-state index contributed by atoms with van der Waals surface area (Å²) in [6, 6.07) is 3.39. The van der Waals surface area contributed by atoms with E-state index in [2.05, 4.69) is 15.0 Å². The summed E-state index contributed by atoms with van der Waals surface area (Å²) in [5.41, 5.74) is 1.50. The quantitative estimate of drug-likeness (QED) is 0.574. The molecule has 1 aromatic heterocycles. The van der Waals surface area contributed by atoms with Gasteiger partial charge >= 0.3 is 5.97 Å². The summed E-state index contributed by atoms with van der Waals surface area (Å²) in [5.74, 6) is -0.0144. The number of esters is 1. The second-order valence-electron chi connectivity index (χ2n) is 3.77. The van der Waals surface area contributed by atoms with Gasteiger partial charge in [-0.2, -0.15) is 0 Å². The number of nitrogens with one attached hydrogen (secondary N) is 1. The number of aryl methyl sites for hydroxylation is 1. The molecule has 0 spiro atoms. The van der Waals surface area contributed by atoms with Crippen molar-refractivity contribution in [3.05, 3.63) is 23.5 Å². The topological polar surface area (TPSA) is 71.5 Å². The predicted octanol–water partition coefficient (Wildman–Crippen LogP) is 1.14. The Labute approximate surface area is 101 Å². The highest BCUT2D eigenvalue weighted by atomic mass is 16.5. The lowest BCUT2D eigenvalue weighted by molar-refractivity contribution is -0.140. The van der Waals surface area contributed by atoms with Crippen molar-refractivity contribution in [2.45, 2.75) is 26.3 Å². The van der Waals surface area contributed by atoms with Gasteiger partial charge in [0.25, 0.3) is 0 Å². The van der Waals surface area contributed by atoms with Crippen LogP contribution < -0.4 is 5.32 Å². The number of hydrogen-bond donors (Lipinski definition) is 2. The maximum Gasteiger partial charge on any atom is 0.305 e. The molecule has 94 valence electrons. The summed E-state index contributed by atoms with van der Waals surface area (Å²) < 4.78 is 4.53. The van der Waals surface area contributed by atoms with E-state index in [0.717, 1.165) is 5.69 Å². The normalized spacial score (nSPS) is 10.2. The summed E-state index contributed by atoms with van der Waals surface area (Å²) in [4.78, 5) is 15.1. The van der Waals surface area contributed by atoms with Crippen LogP contribution in [-0.2, 0) is 16.1 Å². The van der Waals surface area contributed by atoms with Crippen LogP contribution >= 0.6 is 0 Å². The van der Waals surface area contributed by atoms with Crippen LogP contribution in [0.5, 0.6) is 5.75 Å². The molecule has 0 saturated carbocycles. The van der Waals surface area contributed by atoms with Gasteiger partial charge in [0, 0.05) is 18.7 Å². The molecule has 17 heavy (non-hydrogen) atoms. The summed E-state index contributed by atoms with van der Waals surface area (Å²) >= 11 is 0. The minimum Gasteiger partial charge on any atom is -0.506 e. The molecule has 1 aromatic rings. The Kier molecular flexibility index (Phi) is 5.42. The van der Waals surface area contributed by atoms with Gasteiger partial charge < -0.3 is 15.2 Å². The van der Waals surface area contributed by atoms with Crippen molar-refractivity contribution in [2.24, 2.45) is 0 Å². The average molecular weight is 238 g/mol. The van der Waals surface area contributed by atoms with Crippen molar-refractivity contribution in [1.29, 1.82) is 0 Å². The van der Waals surface area contributed by atoms with Crippen molar-refractivity contribution in [2.75, 3.05) is 13.7 Å². The van der Waals surface area contributed by atoms with Gasteiger partial charge in [0.2, 0.25) is 0 Å². The number of pyridine rings is 1. The van der Waals surface area contributed by atoms with Crippen molar-refractivity contribution < 1.29 is 14.6 Å². The molecule has 0 radical (unpaired) electrons. The molecule has 2 N–H and O–H groups in total. The molecule has 1 heterocycles. The molecule has 0 unspecified atom stereocenters. The first-order chi connectivity index (χ1) is 8.13. The number of carbonyl (C=O) groups excluding carboxylic acids is 1. The third kappa shape index (κ3) is 4.82. The maximum absolute atomic E-state index is 10.8. The van der Waals surface area contributed by atoms with Crippen LogP contribution in [0.15, 0.2) is 12.1 Å². The van der Waals surface area contributed by atoms with E-state index in [-0.39, 0.29) is 11.7 Å². The number of aromatic nitrogens is 1. The summed E-state index contributed by atoms with van der Waals surface area (Å²) in [5, 5.41) is 12.7. The second-order valence-corrected chi connectivity index (χ2v) is 3.77. The second kappa shape index (κ2) is 6.85. The standard InChI is InChI=1S/C12H18N2O3/c1-9-5-6-11(15)10(14-9)8-13-7-3-4-12(16)17-2/h5-6,13,15H,3-4,7-8H2,1-2H3. The molecule has 0 aliphatic carbocycles. The number of nitrogens with zero attached hydrogens (tertiary/aromatic N) is 1. The molecule has 5 nitrogen and oxygen atoms in total. The Morgan fingerprint density at radius 3 is 3.00 bits per heavy atom. The molecule has 5 heteroatoms. The van der Waals surface area contributed by atoms with E-state index < -0.39 is 0 Å². The monoisotopic (exact) mass is 238 g/mol. The first-order valence-corrected chi connectivity index (χ1v) is 5.56. The van der Waals surface area contributed by atoms with Crippen LogP contribution in [0.2, 0.25) is 0 Å². The third-order valence-electron chi connectivity index (χ3n) is 2.34. The largest absolute Gasteiger partial charge is 0.506 e. The van der Waals surface area contributed by atoms with Gasteiger partial charge in [-0.15, -0.1) is 0 Å². The SMILES string of the molecule is COC(=O)CCCNCc1nc(C)ccc1O. The van der Waals surface area contributed by atoms with Crippen LogP contribution in [-0.4, -0.2) is 29.7 Å². The molecule has 0 bridgehead atoms. The van der Waals surface area contributed by atoms with Gasteiger partial charge in [0.05, 0.1) is 12.8 Å². The Morgan fingerprint density at radius 2 is 2.29 bits per heavy atom. The lowest BCUT2D eigenvalue weighted by Gasteiger charge is -2.06. The van der Waals surface area contributed by atoms with Crippen LogP contribution in [0.4, 0.5) is 0 Å². The van der Waals surface area contributed by atoms with Crippen molar-refractivity contribution >= 4 is 5.97 Å². The maximum atomic E-state index is 10.8. The lowest BCUT2D eigenvalue weighted by atomic mass is 10.2. The molecule has 0 aromatic carbocycles. The van der Waals surface area contributed by atoms with E-state index in [9.17, 15) is 9.90 Å². The minimum absolute atomic E-state index is 0.191. The van der Waals surface area contributed by atoms with Crippen molar-refractivity contribution in [1.82, 2.24) is 10.3 Å². The first kappa shape index (κ1) is 13.4. The first-order valence-electron chi connectivity index (χ1n) is 5.56. The van der Waals surface area contributed by atoms with E-state index in [1.54, 1.807) is 12.1 Å². The van der Waals surface area contributed by atoms with Crippen LogP contribution in [0.3, 0.4) is 0 Å². The summed E-state index contributed by atoms with van der Waals surface area (Å²) in [7, 11) is 1.38. The van der Waals surface area contributed by atoms with Gasteiger partial charge in [-0.25, -0.2) is 0 Å².